The fourth-order valence-electron chi connectivity index (χ4n) is 3.03. The second-order valence-corrected chi connectivity index (χ2v) is 6.52. The van der Waals surface area contributed by atoms with E-state index < -0.39 is 11.6 Å². The minimum atomic E-state index is -0.582. The predicted molar refractivity (Wildman–Crippen MR) is 79.0 cm³/mol. The molecule has 0 aliphatic carbocycles. The number of morpholine rings is 1. The van der Waals surface area contributed by atoms with Gasteiger partial charge >= 0.3 is 0 Å². The van der Waals surface area contributed by atoms with Gasteiger partial charge in [-0.05, 0) is 44.9 Å². The first-order chi connectivity index (χ1) is 9.75. The highest BCUT2D eigenvalue weighted by Gasteiger charge is 2.31. The van der Waals surface area contributed by atoms with Gasteiger partial charge in [-0.2, -0.15) is 0 Å². The number of benzene rings is 1. The fourth-order valence-corrected chi connectivity index (χ4v) is 3.03. The van der Waals surface area contributed by atoms with Crippen molar-refractivity contribution in [2.45, 2.75) is 44.9 Å². The molecule has 118 valence electrons. The van der Waals surface area contributed by atoms with Crippen LogP contribution in [0.2, 0.25) is 0 Å². The molecular weight excluding hydrogens is 274 g/mol. The van der Waals surface area contributed by atoms with Crippen molar-refractivity contribution in [1.29, 1.82) is 0 Å². The average Bonchev–Trinajstić information content (AvgIpc) is 2.32. The van der Waals surface area contributed by atoms with Crippen LogP contribution in [0.1, 0.15) is 38.8 Å². The molecule has 1 fully saturated rings. The summed E-state index contributed by atoms with van der Waals surface area (Å²) in [5, 5.41) is 0. The van der Waals surface area contributed by atoms with Crippen molar-refractivity contribution in [3.05, 3.63) is 35.4 Å². The Kier molecular flexibility index (Phi) is 4.96. The Bertz CT molecular complexity index is 473. The van der Waals surface area contributed by atoms with Gasteiger partial charge in [0.1, 0.15) is 11.6 Å². The van der Waals surface area contributed by atoms with Crippen LogP contribution in [0.4, 0.5) is 8.78 Å². The highest BCUT2D eigenvalue weighted by atomic mass is 19.1. The number of ether oxygens (including phenoxy) is 1. The summed E-state index contributed by atoms with van der Waals surface area (Å²) in [5.74, 6) is -1.16. The van der Waals surface area contributed by atoms with Gasteiger partial charge in [-0.15, -0.1) is 0 Å². The monoisotopic (exact) mass is 298 g/mol. The van der Waals surface area contributed by atoms with Gasteiger partial charge in [0.05, 0.1) is 11.7 Å². The van der Waals surface area contributed by atoms with Gasteiger partial charge in [-0.3, -0.25) is 4.90 Å². The largest absolute Gasteiger partial charge is 0.370 e. The van der Waals surface area contributed by atoms with E-state index >= 15 is 0 Å². The highest BCUT2D eigenvalue weighted by Crippen LogP contribution is 2.23. The zero-order chi connectivity index (χ0) is 15.6. The normalized spacial score (nSPS) is 24.0. The van der Waals surface area contributed by atoms with Crippen LogP contribution in [0.5, 0.6) is 0 Å². The molecule has 0 bridgehead atoms. The van der Waals surface area contributed by atoms with Crippen LogP contribution in [0.15, 0.2) is 18.2 Å². The maximum absolute atomic E-state index is 13.2. The first-order valence-electron chi connectivity index (χ1n) is 7.37. The van der Waals surface area contributed by atoms with E-state index in [0.717, 1.165) is 25.7 Å². The van der Waals surface area contributed by atoms with Gasteiger partial charge in [0.25, 0.3) is 0 Å². The van der Waals surface area contributed by atoms with Crippen LogP contribution >= 0.6 is 0 Å². The molecule has 1 heterocycles. The lowest BCUT2D eigenvalue weighted by Crippen LogP contribution is -2.52. The number of nitrogens with two attached hydrogens (primary N) is 1. The molecule has 2 atom stereocenters. The van der Waals surface area contributed by atoms with E-state index in [9.17, 15) is 8.78 Å². The Morgan fingerprint density at radius 1 is 1.33 bits per heavy atom. The minimum Gasteiger partial charge on any atom is -0.370 e. The Morgan fingerprint density at radius 2 is 1.95 bits per heavy atom. The standard InChI is InChI=1S/C16H24F2N2O/c1-11-9-20(10-16(2,3)21-11)5-4-15(19)12-6-13(17)8-14(18)7-12/h6-8,11,15H,4-5,9-10,19H2,1-3H3. The van der Waals surface area contributed by atoms with Gasteiger partial charge in [-0.25, -0.2) is 8.78 Å². The first kappa shape index (κ1) is 16.3. The fraction of sp³-hybridized carbons (Fsp3) is 0.625. The summed E-state index contributed by atoms with van der Waals surface area (Å²) in [6.45, 7) is 8.66. The summed E-state index contributed by atoms with van der Waals surface area (Å²) < 4.78 is 32.3. The quantitative estimate of drug-likeness (QED) is 0.929. The summed E-state index contributed by atoms with van der Waals surface area (Å²) in [6.07, 6.45) is 0.836. The molecule has 0 amide bonds. The lowest BCUT2D eigenvalue weighted by Gasteiger charge is -2.42. The van der Waals surface area contributed by atoms with Gasteiger partial charge in [0.2, 0.25) is 0 Å². The number of rotatable bonds is 4. The number of hydrogen-bond acceptors (Lipinski definition) is 3. The third-order valence-electron chi connectivity index (χ3n) is 3.71. The summed E-state index contributed by atoms with van der Waals surface area (Å²) in [5.41, 5.74) is 6.39. The molecule has 0 radical (unpaired) electrons. The van der Waals surface area contributed by atoms with Crippen molar-refractivity contribution in [2.24, 2.45) is 5.73 Å². The van der Waals surface area contributed by atoms with Crippen LogP contribution in [0.3, 0.4) is 0 Å². The number of hydrogen-bond donors (Lipinski definition) is 1. The summed E-state index contributed by atoms with van der Waals surface area (Å²) in [6, 6.07) is 3.11. The Balaban J connectivity index is 1.93. The number of nitrogens with zero attached hydrogens (tertiary/aromatic N) is 1. The Hall–Kier alpha value is -1.04. The molecule has 1 aromatic rings. The van der Waals surface area contributed by atoms with E-state index in [4.69, 9.17) is 10.5 Å². The molecule has 21 heavy (non-hydrogen) atoms. The molecule has 5 heteroatoms. The SMILES string of the molecule is CC1CN(CCC(N)c2cc(F)cc(F)c2)CC(C)(C)O1. The van der Waals surface area contributed by atoms with Crippen LogP contribution in [-0.4, -0.2) is 36.2 Å². The molecular formula is C16H24F2N2O. The third kappa shape index (κ3) is 4.73. The van der Waals surface area contributed by atoms with Crippen LogP contribution in [0, 0.1) is 11.6 Å². The maximum atomic E-state index is 13.2. The molecule has 0 spiro atoms. The molecule has 1 aromatic carbocycles. The summed E-state index contributed by atoms with van der Waals surface area (Å²) in [4.78, 5) is 2.30. The van der Waals surface area contributed by atoms with Crippen LogP contribution in [-0.2, 0) is 4.74 Å². The zero-order valence-electron chi connectivity index (χ0n) is 12.9. The average molecular weight is 298 g/mol. The first-order valence-corrected chi connectivity index (χ1v) is 7.37. The molecule has 1 saturated heterocycles. The topological polar surface area (TPSA) is 38.5 Å². The smallest absolute Gasteiger partial charge is 0.126 e. The molecule has 3 nitrogen and oxygen atoms in total. The number of halogens is 2. The van der Waals surface area contributed by atoms with E-state index in [2.05, 4.69) is 25.7 Å². The molecule has 0 saturated carbocycles. The maximum Gasteiger partial charge on any atom is 0.126 e. The lowest BCUT2D eigenvalue weighted by atomic mass is 10.0. The molecule has 2 N–H and O–H groups in total. The molecule has 1 aliphatic heterocycles. The van der Waals surface area contributed by atoms with Gasteiger partial charge < -0.3 is 10.5 Å². The van der Waals surface area contributed by atoms with Gasteiger partial charge in [0, 0.05) is 31.7 Å². The summed E-state index contributed by atoms with van der Waals surface area (Å²) in [7, 11) is 0. The van der Waals surface area contributed by atoms with E-state index in [1.165, 1.54) is 12.1 Å². The molecule has 1 aliphatic rings. The molecule has 2 unspecified atom stereocenters. The Labute approximate surface area is 125 Å². The van der Waals surface area contributed by atoms with Crippen LogP contribution in [0.25, 0.3) is 0 Å². The second kappa shape index (κ2) is 6.38. The highest BCUT2D eigenvalue weighted by molar-refractivity contribution is 5.21. The zero-order valence-corrected chi connectivity index (χ0v) is 12.9. The van der Waals surface area contributed by atoms with Crippen LogP contribution < -0.4 is 5.73 Å². The van der Waals surface area contributed by atoms with Crippen molar-refractivity contribution in [2.75, 3.05) is 19.6 Å². The third-order valence-corrected chi connectivity index (χ3v) is 3.71. The molecule has 0 aromatic heterocycles. The summed E-state index contributed by atoms with van der Waals surface area (Å²) >= 11 is 0. The van der Waals surface area contributed by atoms with Crippen molar-refractivity contribution in [3.63, 3.8) is 0 Å². The van der Waals surface area contributed by atoms with E-state index in [-0.39, 0.29) is 17.7 Å². The predicted octanol–water partition coefficient (Wildman–Crippen LogP) is 2.85. The van der Waals surface area contributed by atoms with E-state index in [1.54, 1.807) is 0 Å². The van der Waals surface area contributed by atoms with E-state index in [1.807, 2.05) is 0 Å². The van der Waals surface area contributed by atoms with Crippen molar-refractivity contribution < 1.29 is 13.5 Å². The van der Waals surface area contributed by atoms with E-state index in [0.29, 0.717) is 12.0 Å². The minimum absolute atomic E-state index is 0.174. The van der Waals surface area contributed by atoms with Gasteiger partial charge in [0.15, 0.2) is 0 Å². The van der Waals surface area contributed by atoms with Crippen molar-refractivity contribution in [1.82, 2.24) is 4.90 Å². The molecule has 2 rings (SSSR count). The van der Waals surface area contributed by atoms with Crippen molar-refractivity contribution >= 4 is 0 Å². The lowest BCUT2D eigenvalue weighted by molar-refractivity contribution is -0.128. The Morgan fingerprint density at radius 3 is 2.52 bits per heavy atom. The van der Waals surface area contributed by atoms with Gasteiger partial charge in [-0.1, -0.05) is 0 Å². The second-order valence-electron chi connectivity index (χ2n) is 6.52. The van der Waals surface area contributed by atoms with Crippen molar-refractivity contribution in [3.8, 4) is 0 Å².